The smallest absolute Gasteiger partial charge is 0.309 e. The van der Waals surface area contributed by atoms with Crippen LogP contribution in [0, 0.1) is 11.3 Å². The van der Waals surface area contributed by atoms with Crippen LogP contribution in [0.15, 0.2) is 0 Å². The molecular formula is C10H21NO2. The maximum atomic E-state index is 10.8. The molecule has 1 unspecified atom stereocenters. The molecule has 0 bridgehead atoms. The van der Waals surface area contributed by atoms with Crippen LogP contribution in [0.3, 0.4) is 0 Å². The van der Waals surface area contributed by atoms with Crippen LogP contribution in [-0.4, -0.2) is 17.1 Å². The van der Waals surface area contributed by atoms with Crippen LogP contribution in [0.5, 0.6) is 0 Å². The van der Waals surface area contributed by atoms with Crippen molar-refractivity contribution >= 4 is 5.97 Å². The Kier molecular flexibility index (Phi) is 4.40. The van der Waals surface area contributed by atoms with Gasteiger partial charge >= 0.3 is 5.97 Å². The van der Waals surface area contributed by atoms with Gasteiger partial charge in [-0.15, -0.1) is 0 Å². The minimum Gasteiger partial charge on any atom is -0.481 e. The lowest BCUT2D eigenvalue weighted by Gasteiger charge is -2.24. The fourth-order valence-electron chi connectivity index (χ4n) is 1.43. The maximum Gasteiger partial charge on any atom is 0.309 e. The zero-order chi connectivity index (χ0) is 10.6. The van der Waals surface area contributed by atoms with Gasteiger partial charge in [0.2, 0.25) is 0 Å². The molecule has 0 aromatic rings. The summed E-state index contributed by atoms with van der Waals surface area (Å²) in [5, 5.41) is 8.87. The second-order valence-corrected chi connectivity index (χ2v) is 4.78. The van der Waals surface area contributed by atoms with Gasteiger partial charge in [0.15, 0.2) is 0 Å². The molecule has 0 spiro atoms. The van der Waals surface area contributed by atoms with E-state index in [4.69, 9.17) is 10.8 Å². The number of rotatable bonds is 5. The minimum absolute atomic E-state index is 0.00824. The largest absolute Gasteiger partial charge is 0.481 e. The van der Waals surface area contributed by atoms with E-state index >= 15 is 0 Å². The first kappa shape index (κ1) is 12.4. The van der Waals surface area contributed by atoms with Crippen LogP contribution in [0.4, 0.5) is 0 Å². The van der Waals surface area contributed by atoms with E-state index in [9.17, 15) is 4.79 Å². The summed E-state index contributed by atoms with van der Waals surface area (Å²) in [7, 11) is 0. The maximum absolute atomic E-state index is 10.8. The Labute approximate surface area is 80.3 Å². The van der Waals surface area contributed by atoms with Gasteiger partial charge in [-0.1, -0.05) is 13.8 Å². The summed E-state index contributed by atoms with van der Waals surface area (Å²) < 4.78 is 0. The van der Waals surface area contributed by atoms with Crippen LogP contribution in [-0.2, 0) is 4.79 Å². The normalized spacial score (nSPS) is 14.6. The summed E-state index contributed by atoms with van der Waals surface area (Å²) in [6.45, 7) is 7.62. The molecule has 3 N–H and O–H groups in total. The first-order chi connectivity index (χ1) is 5.75. The number of carbonyl (C=O) groups is 1. The number of carboxylic acids is 1. The van der Waals surface area contributed by atoms with E-state index in [1.165, 1.54) is 0 Å². The molecule has 0 saturated heterocycles. The van der Waals surface area contributed by atoms with E-state index in [0.717, 1.165) is 6.42 Å². The van der Waals surface area contributed by atoms with E-state index < -0.39 is 11.4 Å². The van der Waals surface area contributed by atoms with Gasteiger partial charge in [-0.3, -0.25) is 4.79 Å². The number of hydrogen-bond acceptors (Lipinski definition) is 2. The zero-order valence-electron chi connectivity index (χ0n) is 9.00. The Balaban J connectivity index is 4.04. The standard InChI is InChI=1S/C10H21NO2/c1-7(2)5-8(11)6-10(3,4)9(12)13/h7-8H,5-6,11H2,1-4H3,(H,12,13). The van der Waals surface area contributed by atoms with Crippen molar-refractivity contribution in [2.75, 3.05) is 0 Å². The SMILES string of the molecule is CC(C)CC(N)CC(C)(C)C(=O)O. The number of aliphatic carboxylic acids is 1. The monoisotopic (exact) mass is 187 g/mol. The highest BCUT2D eigenvalue weighted by Crippen LogP contribution is 2.23. The van der Waals surface area contributed by atoms with Crippen molar-refractivity contribution in [2.45, 2.75) is 46.6 Å². The lowest BCUT2D eigenvalue weighted by molar-refractivity contribution is -0.147. The molecule has 0 fully saturated rings. The summed E-state index contributed by atoms with van der Waals surface area (Å²) in [4.78, 5) is 10.8. The van der Waals surface area contributed by atoms with Crippen molar-refractivity contribution in [3.8, 4) is 0 Å². The number of nitrogens with two attached hydrogens (primary N) is 1. The summed E-state index contributed by atoms with van der Waals surface area (Å²) in [6.07, 6.45) is 1.43. The minimum atomic E-state index is -0.772. The van der Waals surface area contributed by atoms with E-state index in [1.54, 1.807) is 13.8 Å². The molecule has 1 atom stereocenters. The molecule has 0 aliphatic heterocycles. The molecule has 0 saturated carbocycles. The second-order valence-electron chi connectivity index (χ2n) is 4.78. The van der Waals surface area contributed by atoms with Crippen LogP contribution in [0.1, 0.15) is 40.5 Å². The van der Waals surface area contributed by atoms with E-state index in [0.29, 0.717) is 12.3 Å². The highest BCUT2D eigenvalue weighted by atomic mass is 16.4. The van der Waals surface area contributed by atoms with Gasteiger partial charge < -0.3 is 10.8 Å². The van der Waals surface area contributed by atoms with Crippen LogP contribution >= 0.6 is 0 Å². The Hall–Kier alpha value is -0.570. The first-order valence-corrected chi connectivity index (χ1v) is 4.74. The lowest BCUT2D eigenvalue weighted by Crippen LogP contribution is -2.34. The zero-order valence-corrected chi connectivity index (χ0v) is 9.00. The van der Waals surface area contributed by atoms with E-state index in [2.05, 4.69) is 13.8 Å². The molecule has 78 valence electrons. The third-order valence-corrected chi connectivity index (χ3v) is 2.13. The molecule has 0 heterocycles. The van der Waals surface area contributed by atoms with Crippen molar-refractivity contribution in [1.82, 2.24) is 0 Å². The summed E-state index contributed by atoms with van der Waals surface area (Å²) in [5.41, 5.74) is 5.14. The van der Waals surface area contributed by atoms with Crippen molar-refractivity contribution in [2.24, 2.45) is 17.1 Å². The van der Waals surface area contributed by atoms with E-state index in [-0.39, 0.29) is 6.04 Å². The predicted molar refractivity (Wildman–Crippen MR) is 53.5 cm³/mol. The van der Waals surface area contributed by atoms with Crippen molar-refractivity contribution in [1.29, 1.82) is 0 Å². The fraction of sp³-hybridized carbons (Fsp3) is 0.900. The Morgan fingerprint density at radius 2 is 1.92 bits per heavy atom. The average molecular weight is 187 g/mol. The molecule has 0 amide bonds. The summed E-state index contributed by atoms with van der Waals surface area (Å²) in [6, 6.07) is -0.00824. The second kappa shape index (κ2) is 4.61. The molecule has 0 aliphatic carbocycles. The lowest BCUT2D eigenvalue weighted by atomic mass is 9.84. The quantitative estimate of drug-likeness (QED) is 0.690. The van der Waals surface area contributed by atoms with Crippen molar-refractivity contribution in [3.63, 3.8) is 0 Å². The van der Waals surface area contributed by atoms with Crippen LogP contribution in [0.2, 0.25) is 0 Å². The van der Waals surface area contributed by atoms with Gasteiger partial charge in [0.05, 0.1) is 5.41 Å². The molecule has 0 radical (unpaired) electrons. The molecular weight excluding hydrogens is 166 g/mol. The van der Waals surface area contributed by atoms with Crippen LogP contribution in [0.25, 0.3) is 0 Å². The van der Waals surface area contributed by atoms with Crippen molar-refractivity contribution in [3.05, 3.63) is 0 Å². The predicted octanol–water partition coefficient (Wildman–Crippen LogP) is 1.86. The van der Waals surface area contributed by atoms with Crippen LogP contribution < -0.4 is 5.73 Å². The molecule has 0 rings (SSSR count). The third-order valence-electron chi connectivity index (χ3n) is 2.13. The molecule has 3 nitrogen and oxygen atoms in total. The van der Waals surface area contributed by atoms with Crippen molar-refractivity contribution < 1.29 is 9.90 Å². The van der Waals surface area contributed by atoms with Gasteiger partial charge in [-0.2, -0.15) is 0 Å². The molecule has 0 aromatic carbocycles. The summed E-state index contributed by atoms with van der Waals surface area (Å²) >= 11 is 0. The fourth-order valence-corrected chi connectivity index (χ4v) is 1.43. The molecule has 13 heavy (non-hydrogen) atoms. The van der Waals surface area contributed by atoms with Gasteiger partial charge in [0.1, 0.15) is 0 Å². The van der Waals surface area contributed by atoms with Gasteiger partial charge in [0, 0.05) is 6.04 Å². The average Bonchev–Trinajstić information content (AvgIpc) is 1.82. The molecule has 0 aromatic heterocycles. The number of carboxylic acid groups (broad SMARTS) is 1. The Bertz CT molecular complexity index is 176. The topological polar surface area (TPSA) is 63.3 Å². The Morgan fingerprint density at radius 1 is 1.46 bits per heavy atom. The molecule has 3 heteroatoms. The number of hydrogen-bond donors (Lipinski definition) is 2. The van der Waals surface area contributed by atoms with Gasteiger partial charge in [-0.25, -0.2) is 0 Å². The molecule has 0 aliphatic rings. The Morgan fingerprint density at radius 3 is 2.23 bits per heavy atom. The van der Waals surface area contributed by atoms with Gasteiger partial charge in [-0.05, 0) is 32.6 Å². The first-order valence-electron chi connectivity index (χ1n) is 4.74. The third kappa shape index (κ3) is 4.88. The highest BCUT2D eigenvalue weighted by molar-refractivity contribution is 5.73. The van der Waals surface area contributed by atoms with E-state index in [1.807, 2.05) is 0 Å². The summed E-state index contributed by atoms with van der Waals surface area (Å²) in [5.74, 6) is -0.244. The highest BCUT2D eigenvalue weighted by Gasteiger charge is 2.29. The van der Waals surface area contributed by atoms with Gasteiger partial charge in [0.25, 0.3) is 0 Å².